The molecule has 0 saturated heterocycles. The SMILES string of the molecule is CCOC(=O)C1=C(N)N(c2cccc(F)c2)C2=C(C(=O)C(C(=O)OCC)C(c3cccc(OC)c3)C2)C1c1ccc(F)cc1. The molecule has 0 saturated carbocycles. The highest BCUT2D eigenvalue weighted by molar-refractivity contribution is 6.14. The van der Waals surface area contributed by atoms with Crippen molar-refractivity contribution in [1.29, 1.82) is 0 Å². The van der Waals surface area contributed by atoms with Crippen molar-refractivity contribution in [3.05, 3.63) is 118 Å². The molecule has 3 atom stereocenters. The third kappa shape index (κ3) is 5.55. The number of hydrogen-bond donors (Lipinski definition) is 1. The molecule has 3 aromatic carbocycles. The Bertz CT molecular complexity index is 1670. The average Bonchev–Trinajstić information content (AvgIpc) is 3.01. The lowest BCUT2D eigenvalue weighted by atomic mass is 9.67. The van der Waals surface area contributed by atoms with E-state index in [1.165, 1.54) is 54.5 Å². The number of rotatable bonds is 8. The van der Waals surface area contributed by atoms with Crippen LogP contribution in [0.25, 0.3) is 0 Å². The first kappa shape index (κ1) is 30.5. The highest BCUT2D eigenvalue weighted by Gasteiger charge is 2.51. The van der Waals surface area contributed by atoms with Crippen LogP contribution in [-0.4, -0.2) is 38.0 Å². The number of halogens is 2. The molecule has 3 aromatic rings. The van der Waals surface area contributed by atoms with E-state index in [9.17, 15) is 23.2 Å². The molecule has 10 heteroatoms. The summed E-state index contributed by atoms with van der Waals surface area (Å²) < 4.78 is 44.9. The first-order chi connectivity index (χ1) is 21.2. The highest BCUT2D eigenvalue weighted by Crippen LogP contribution is 2.51. The van der Waals surface area contributed by atoms with Crippen molar-refractivity contribution < 1.29 is 37.4 Å². The first-order valence-electron chi connectivity index (χ1n) is 14.3. The number of nitrogens with zero attached hydrogens (tertiary/aromatic N) is 1. The van der Waals surface area contributed by atoms with Crippen LogP contribution in [0.1, 0.15) is 43.2 Å². The molecule has 44 heavy (non-hydrogen) atoms. The van der Waals surface area contributed by atoms with Gasteiger partial charge in [0.05, 0.1) is 37.5 Å². The van der Waals surface area contributed by atoms with Crippen LogP contribution < -0.4 is 15.4 Å². The maximum absolute atomic E-state index is 14.8. The molecule has 228 valence electrons. The second kappa shape index (κ2) is 12.7. The van der Waals surface area contributed by atoms with E-state index < -0.39 is 47.1 Å². The van der Waals surface area contributed by atoms with Crippen molar-refractivity contribution in [3.63, 3.8) is 0 Å². The van der Waals surface area contributed by atoms with Crippen LogP contribution in [0, 0.1) is 17.6 Å². The zero-order valence-electron chi connectivity index (χ0n) is 24.5. The zero-order chi connectivity index (χ0) is 31.5. The topological polar surface area (TPSA) is 108 Å². The monoisotopic (exact) mass is 602 g/mol. The predicted molar refractivity (Wildman–Crippen MR) is 158 cm³/mol. The van der Waals surface area contributed by atoms with Gasteiger partial charge in [-0.05, 0) is 73.9 Å². The molecular weight excluding hydrogens is 570 g/mol. The van der Waals surface area contributed by atoms with Crippen LogP contribution in [-0.2, 0) is 23.9 Å². The Labute approximate surface area is 253 Å². The Morgan fingerprint density at radius 2 is 1.61 bits per heavy atom. The van der Waals surface area contributed by atoms with E-state index in [-0.39, 0.29) is 42.3 Å². The van der Waals surface area contributed by atoms with Crippen LogP contribution in [0.4, 0.5) is 14.5 Å². The Morgan fingerprint density at radius 3 is 2.27 bits per heavy atom. The molecule has 0 radical (unpaired) electrons. The molecule has 0 amide bonds. The van der Waals surface area contributed by atoms with Gasteiger partial charge in [0.2, 0.25) is 0 Å². The van der Waals surface area contributed by atoms with Gasteiger partial charge in [-0.2, -0.15) is 0 Å². The Hall–Kier alpha value is -4.99. The predicted octanol–water partition coefficient (Wildman–Crippen LogP) is 5.50. The lowest BCUT2D eigenvalue weighted by molar-refractivity contribution is -0.152. The van der Waals surface area contributed by atoms with Crippen molar-refractivity contribution >= 4 is 23.4 Å². The molecule has 1 aliphatic heterocycles. The van der Waals surface area contributed by atoms with Gasteiger partial charge in [0.25, 0.3) is 0 Å². The molecule has 0 spiro atoms. The Kier molecular flexibility index (Phi) is 8.80. The molecule has 1 heterocycles. The maximum atomic E-state index is 14.8. The largest absolute Gasteiger partial charge is 0.497 e. The van der Waals surface area contributed by atoms with Gasteiger partial charge in [-0.3, -0.25) is 14.5 Å². The van der Waals surface area contributed by atoms with Crippen LogP contribution in [0.5, 0.6) is 5.75 Å². The van der Waals surface area contributed by atoms with Gasteiger partial charge < -0.3 is 19.9 Å². The lowest BCUT2D eigenvalue weighted by Crippen LogP contribution is -2.46. The molecule has 0 bridgehead atoms. The van der Waals surface area contributed by atoms with Crippen LogP contribution in [0.2, 0.25) is 0 Å². The number of Topliss-reactive ketones (excluding diaryl/α,β-unsaturated/α-hetero) is 1. The van der Waals surface area contributed by atoms with Gasteiger partial charge in [-0.1, -0.05) is 30.3 Å². The fourth-order valence-corrected chi connectivity index (χ4v) is 6.02. The van der Waals surface area contributed by atoms with Gasteiger partial charge in [0.1, 0.15) is 29.1 Å². The summed E-state index contributed by atoms with van der Waals surface area (Å²) in [5.74, 6) is -5.88. The number of anilines is 1. The summed E-state index contributed by atoms with van der Waals surface area (Å²) in [6, 6.07) is 17.9. The summed E-state index contributed by atoms with van der Waals surface area (Å²) in [5.41, 5.74) is 8.44. The summed E-state index contributed by atoms with van der Waals surface area (Å²) in [6.07, 6.45) is 0.0860. The number of allylic oxidation sites excluding steroid dienone is 2. The van der Waals surface area contributed by atoms with Crippen LogP contribution >= 0.6 is 0 Å². The number of ketones is 1. The summed E-state index contributed by atoms with van der Waals surface area (Å²) >= 11 is 0. The van der Waals surface area contributed by atoms with Crippen molar-refractivity contribution in [2.45, 2.75) is 32.1 Å². The maximum Gasteiger partial charge on any atom is 0.338 e. The molecule has 1 aliphatic carbocycles. The Morgan fingerprint density at radius 1 is 0.909 bits per heavy atom. The molecular formula is C34H32F2N2O6. The molecule has 2 aliphatic rings. The van der Waals surface area contributed by atoms with Gasteiger partial charge in [0.15, 0.2) is 5.78 Å². The second-order valence-corrected chi connectivity index (χ2v) is 10.4. The minimum atomic E-state index is -1.29. The van der Waals surface area contributed by atoms with Crippen molar-refractivity contribution in [1.82, 2.24) is 0 Å². The fourth-order valence-electron chi connectivity index (χ4n) is 6.02. The number of benzene rings is 3. The summed E-state index contributed by atoms with van der Waals surface area (Å²) in [6.45, 7) is 3.32. The molecule has 3 unspecified atom stereocenters. The molecule has 0 fully saturated rings. The van der Waals surface area contributed by atoms with E-state index in [0.29, 0.717) is 22.6 Å². The van der Waals surface area contributed by atoms with Gasteiger partial charge in [0, 0.05) is 17.2 Å². The number of nitrogens with two attached hydrogens (primary N) is 1. The van der Waals surface area contributed by atoms with Gasteiger partial charge in [-0.15, -0.1) is 0 Å². The molecule has 2 N–H and O–H groups in total. The minimum absolute atomic E-state index is 0.00886. The van der Waals surface area contributed by atoms with Gasteiger partial charge >= 0.3 is 11.9 Å². The molecule has 8 nitrogen and oxygen atoms in total. The third-order valence-corrected chi connectivity index (χ3v) is 7.87. The number of esters is 2. The summed E-state index contributed by atoms with van der Waals surface area (Å²) in [7, 11) is 1.51. The number of carbonyl (C=O) groups excluding carboxylic acids is 3. The number of hydrogen-bond acceptors (Lipinski definition) is 8. The number of methoxy groups -OCH3 is 1. The van der Waals surface area contributed by atoms with Crippen LogP contribution in [0.15, 0.2) is 95.5 Å². The van der Waals surface area contributed by atoms with Crippen molar-refractivity contribution in [2.24, 2.45) is 11.7 Å². The van der Waals surface area contributed by atoms with E-state index in [1.807, 2.05) is 0 Å². The summed E-state index contributed by atoms with van der Waals surface area (Å²) in [5, 5.41) is 0. The van der Waals surface area contributed by atoms with E-state index >= 15 is 0 Å². The zero-order valence-corrected chi connectivity index (χ0v) is 24.5. The van der Waals surface area contributed by atoms with Crippen LogP contribution in [0.3, 0.4) is 0 Å². The van der Waals surface area contributed by atoms with Crippen molar-refractivity contribution in [3.8, 4) is 5.75 Å². The minimum Gasteiger partial charge on any atom is -0.497 e. The quantitative estimate of drug-likeness (QED) is 0.266. The van der Waals surface area contributed by atoms with E-state index in [0.717, 1.165) is 0 Å². The fraction of sp³-hybridized carbons (Fsp3) is 0.265. The molecule has 5 rings (SSSR count). The van der Waals surface area contributed by atoms with E-state index in [1.54, 1.807) is 44.2 Å². The standard InChI is InChI=1S/C34H32F2N2O6/c1-4-43-33(40)28-25(20-8-6-11-24(16-20)42-3)18-26-29(31(28)39)27(19-12-14-21(35)15-13-19)30(34(41)44-5-2)32(37)38(26)23-10-7-9-22(36)17-23/h6-17,25,27-28H,4-5,18,37H2,1-3H3. The van der Waals surface area contributed by atoms with Crippen molar-refractivity contribution in [2.75, 3.05) is 25.2 Å². The molecule has 0 aromatic heterocycles. The second-order valence-electron chi connectivity index (χ2n) is 10.4. The normalized spacial score (nSPS) is 19.9. The highest BCUT2D eigenvalue weighted by atomic mass is 19.1. The lowest BCUT2D eigenvalue weighted by Gasteiger charge is -2.44. The third-order valence-electron chi connectivity index (χ3n) is 7.87. The average molecular weight is 603 g/mol. The van der Waals surface area contributed by atoms with Gasteiger partial charge in [-0.25, -0.2) is 13.6 Å². The number of ether oxygens (including phenoxy) is 3. The Balaban J connectivity index is 1.82. The number of carbonyl (C=O) groups is 3. The smallest absolute Gasteiger partial charge is 0.338 e. The van der Waals surface area contributed by atoms with E-state index in [4.69, 9.17) is 19.9 Å². The first-order valence-corrected chi connectivity index (χ1v) is 14.3. The van der Waals surface area contributed by atoms with E-state index in [2.05, 4.69) is 0 Å². The summed E-state index contributed by atoms with van der Waals surface area (Å²) in [4.78, 5) is 43.4.